The van der Waals surface area contributed by atoms with Gasteiger partial charge in [0.2, 0.25) is 0 Å². The molecule has 0 unspecified atom stereocenters. The summed E-state index contributed by atoms with van der Waals surface area (Å²) >= 11 is 0. The van der Waals surface area contributed by atoms with E-state index in [-0.39, 0.29) is 11.6 Å². The number of aromatic nitrogens is 5. The first-order valence-corrected chi connectivity index (χ1v) is 10.0. The topological polar surface area (TPSA) is 68.3 Å². The molecule has 0 radical (unpaired) electrons. The number of rotatable bonds is 2. The van der Waals surface area contributed by atoms with Crippen LogP contribution in [0, 0.1) is 13.8 Å². The predicted molar refractivity (Wildman–Crippen MR) is 113 cm³/mol. The van der Waals surface area contributed by atoms with E-state index in [0.29, 0.717) is 5.39 Å². The van der Waals surface area contributed by atoms with E-state index in [9.17, 15) is 4.79 Å². The van der Waals surface area contributed by atoms with Gasteiger partial charge in [0.15, 0.2) is 5.65 Å². The zero-order valence-corrected chi connectivity index (χ0v) is 17.0. The van der Waals surface area contributed by atoms with Crippen molar-refractivity contribution >= 4 is 16.4 Å². The third-order valence-corrected chi connectivity index (χ3v) is 5.87. The summed E-state index contributed by atoms with van der Waals surface area (Å²) in [5, 5.41) is 10.8. The van der Waals surface area contributed by atoms with Crippen LogP contribution in [0.5, 0.6) is 0 Å². The van der Waals surface area contributed by atoms with E-state index in [2.05, 4.69) is 22.0 Å². The van der Waals surface area contributed by atoms with E-state index in [1.54, 1.807) is 4.68 Å². The van der Waals surface area contributed by atoms with E-state index in [4.69, 9.17) is 5.10 Å². The Morgan fingerprint density at radius 3 is 2.69 bits per heavy atom. The van der Waals surface area contributed by atoms with Crippen LogP contribution in [0.15, 0.2) is 41.5 Å². The average Bonchev–Trinajstić information content (AvgIpc) is 3.10. The molecule has 148 valence electrons. The van der Waals surface area contributed by atoms with Crippen LogP contribution in [0.25, 0.3) is 27.7 Å². The highest BCUT2D eigenvalue weighted by atomic mass is 16.1. The zero-order chi connectivity index (χ0) is 20.1. The molecule has 4 heterocycles. The van der Waals surface area contributed by atoms with Gasteiger partial charge in [-0.1, -0.05) is 6.07 Å². The van der Waals surface area contributed by atoms with Gasteiger partial charge < -0.3 is 4.90 Å². The molecule has 7 heteroatoms. The van der Waals surface area contributed by atoms with Crippen LogP contribution in [-0.2, 0) is 0 Å². The first-order valence-electron chi connectivity index (χ1n) is 10.0. The molecule has 1 saturated heterocycles. The summed E-state index contributed by atoms with van der Waals surface area (Å²) in [5.74, 6) is 0. The SMILES string of the molecule is Cc1cn2nc(-c3ccc4c(=O)n(C5CCN(C)CC5)ncc4c3)cc(C)c2n1. The number of fused-ring (bicyclic) bond motifs is 2. The lowest BCUT2D eigenvalue weighted by Crippen LogP contribution is -2.36. The number of piperidine rings is 1. The van der Waals surface area contributed by atoms with Crippen LogP contribution in [0.4, 0.5) is 0 Å². The number of aryl methyl sites for hydroxylation is 2. The molecule has 3 aromatic heterocycles. The molecule has 0 amide bonds. The fourth-order valence-corrected chi connectivity index (χ4v) is 4.21. The van der Waals surface area contributed by atoms with Crippen molar-refractivity contribution in [2.24, 2.45) is 0 Å². The molecule has 1 aliphatic rings. The molecule has 0 N–H and O–H groups in total. The van der Waals surface area contributed by atoms with Crippen LogP contribution >= 0.6 is 0 Å². The van der Waals surface area contributed by atoms with Gasteiger partial charge in [0.1, 0.15) is 0 Å². The fraction of sp³-hybridized carbons (Fsp3) is 0.364. The molecule has 0 atom stereocenters. The molecular weight excluding hydrogens is 364 g/mol. The largest absolute Gasteiger partial charge is 0.306 e. The van der Waals surface area contributed by atoms with Gasteiger partial charge >= 0.3 is 0 Å². The molecule has 1 aromatic carbocycles. The first kappa shape index (κ1) is 18.0. The van der Waals surface area contributed by atoms with Gasteiger partial charge in [-0.2, -0.15) is 10.2 Å². The minimum absolute atomic E-state index is 0.00608. The van der Waals surface area contributed by atoms with E-state index in [0.717, 1.165) is 59.5 Å². The average molecular weight is 388 g/mol. The maximum Gasteiger partial charge on any atom is 0.274 e. The second-order valence-corrected chi connectivity index (χ2v) is 8.09. The zero-order valence-electron chi connectivity index (χ0n) is 17.0. The number of hydrogen-bond donors (Lipinski definition) is 0. The molecule has 1 aliphatic heterocycles. The Balaban J connectivity index is 1.56. The molecule has 0 aliphatic carbocycles. The molecule has 1 fully saturated rings. The van der Waals surface area contributed by atoms with Gasteiger partial charge in [-0.05, 0) is 70.6 Å². The van der Waals surface area contributed by atoms with Gasteiger partial charge in [0, 0.05) is 10.9 Å². The summed E-state index contributed by atoms with van der Waals surface area (Å²) in [6.45, 7) is 5.99. The highest BCUT2D eigenvalue weighted by Crippen LogP contribution is 2.25. The number of benzene rings is 1. The maximum atomic E-state index is 13.0. The fourth-order valence-electron chi connectivity index (χ4n) is 4.21. The molecule has 29 heavy (non-hydrogen) atoms. The lowest BCUT2D eigenvalue weighted by Gasteiger charge is -2.29. The van der Waals surface area contributed by atoms with E-state index in [1.165, 1.54) is 0 Å². The Hall–Kier alpha value is -3.06. The van der Waals surface area contributed by atoms with Crippen molar-refractivity contribution in [3.8, 4) is 11.3 Å². The van der Waals surface area contributed by atoms with Gasteiger partial charge in [0.05, 0.1) is 35.2 Å². The van der Waals surface area contributed by atoms with Crippen molar-refractivity contribution < 1.29 is 0 Å². The summed E-state index contributed by atoms with van der Waals surface area (Å²) in [7, 11) is 2.12. The Morgan fingerprint density at radius 2 is 1.90 bits per heavy atom. The van der Waals surface area contributed by atoms with E-state index in [1.807, 2.05) is 55.0 Å². The minimum atomic E-state index is -0.00608. The quantitative estimate of drug-likeness (QED) is 0.528. The first-order chi connectivity index (χ1) is 14.0. The van der Waals surface area contributed by atoms with Crippen molar-refractivity contribution in [2.45, 2.75) is 32.7 Å². The van der Waals surface area contributed by atoms with Gasteiger partial charge in [-0.3, -0.25) is 4.79 Å². The van der Waals surface area contributed by atoms with Crippen LogP contribution in [0.2, 0.25) is 0 Å². The third-order valence-electron chi connectivity index (χ3n) is 5.87. The second-order valence-electron chi connectivity index (χ2n) is 8.09. The van der Waals surface area contributed by atoms with Crippen LogP contribution < -0.4 is 5.56 Å². The summed E-state index contributed by atoms with van der Waals surface area (Å²) in [4.78, 5) is 19.9. The normalized spacial score (nSPS) is 16.1. The van der Waals surface area contributed by atoms with Crippen LogP contribution in [0.3, 0.4) is 0 Å². The summed E-state index contributed by atoms with van der Waals surface area (Å²) in [6, 6.07) is 8.09. The highest BCUT2D eigenvalue weighted by Gasteiger charge is 2.21. The second kappa shape index (κ2) is 6.77. The Kier molecular flexibility index (Phi) is 4.20. The number of hydrogen-bond acceptors (Lipinski definition) is 5. The molecule has 4 aromatic rings. The van der Waals surface area contributed by atoms with Crippen molar-refractivity contribution in [2.75, 3.05) is 20.1 Å². The number of likely N-dealkylation sites (tertiary alicyclic amines) is 1. The standard InChI is InChI=1S/C22H24N6O/c1-14-10-20(25-27-13-15(2)24-21(14)27)16-4-5-19-17(11-16)12-23-28(22(19)29)18-6-8-26(3)9-7-18/h4-5,10-13,18H,6-9H2,1-3H3. The predicted octanol–water partition coefficient (Wildman–Crippen LogP) is 2.99. The van der Waals surface area contributed by atoms with Crippen molar-refractivity contribution in [3.63, 3.8) is 0 Å². The molecule has 0 saturated carbocycles. The van der Waals surface area contributed by atoms with E-state index >= 15 is 0 Å². The summed E-state index contributed by atoms with van der Waals surface area (Å²) < 4.78 is 3.50. The van der Waals surface area contributed by atoms with Gasteiger partial charge in [-0.15, -0.1) is 0 Å². The molecule has 7 nitrogen and oxygen atoms in total. The summed E-state index contributed by atoms with van der Waals surface area (Å²) in [5.41, 5.74) is 4.69. The molecule has 5 rings (SSSR count). The van der Waals surface area contributed by atoms with Crippen LogP contribution in [-0.4, -0.2) is 49.4 Å². The van der Waals surface area contributed by atoms with Crippen molar-refractivity contribution in [1.29, 1.82) is 0 Å². The maximum absolute atomic E-state index is 13.0. The molecule has 0 bridgehead atoms. The van der Waals surface area contributed by atoms with Crippen molar-refractivity contribution in [1.82, 2.24) is 29.3 Å². The smallest absolute Gasteiger partial charge is 0.274 e. The number of nitrogens with zero attached hydrogens (tertiary/aromatic N) is 6. The monoisotopic (exact) mass is 388 g/mol. The van der Waals surface area contributed by atoms with Crippen molar-refractivity contribution in [3.05, 3.63) is 58.3 Å². The minimum Gasteiger partial charge on any atom is -0.306 e. The summed E-state index contributed by atoms with van der Waals surface area (Å²) in [6.07, 6.45) is 5.65. The van der Waals surface area contributed by atoms with E-state index < -0.39 is 0 Å². The Morgan fingerprint density at radius 1 is 1.10 bits per heavy atom. The van der Waals surface area contributed by atoms with Crippen LogP contribution in [0.1, 0.15) is 30.1 Å². The lowest BCUT2D eigenvalue weighted by atomic mass is 10.0. The van der Waals surface area contributed by atoms with Gasteiger partial charge in [0.25, 0.3) is 5.56 Å². The number of imidazole rings is 1. The molecule has 0 spiro atoms. The van der Waals surface area contributed by atoms with Gasteiger partial charge in [-0.25, -0.2) is 14.2 Å². The highest BCUT2D eigenvalue weighted by molar-refractivity contribution is 5.85. The Bertz CT molecular complexity index is 1280. The Labute approximate surface area is 168 Å². The third kappa shape index (κ3) is 3.11. The lowest BCUT2D eigenvalue weighted by molar-refractivity contribution is 0.209. The molecular formula is C22H24N6O.